The Bertz CT molecular complexity index is 335. The molecule has 3 atom stereocenters. The van der Waals surface area contributed by atoms with Gasteiger partial charge in [0, 0.05) is 18.4 Å². The topological polar surface area (TPSA) is 64.9 Å². The van der Waals surface area contributed by atoms with Gasteiger partial charge in [0.05, 0.1) is 0 Å². The normalized spacial score (nSPS) is 27.2. The molecule has 0 amide bonds. The maximum atomic E-state index is 5.70. The van der Waals surface area contributed by atoms with Gasteiger partial charge in [0.1, 0.15) is 0 Å². The van der Waals surface area contributed by atoms with Crippen LogP contribution >= 0.6 is 0 Å². The average Bonchev–Trinajstić information content (AvgIpc) is 2.83. The summed E-state index contributed by atoms with van der Waals surface area (Å²) in [4.78, 5) is 4.44. The van der Waals surface area contributed by atoms with E-state index in [0.717, 1.165) is 11.7 Å². The lowest BCUT2D eigenvalue weighted by atomic mass is 10.0. The maximum absolute atomic E-state index is 5.70. The van der Waals surface area contributed by atoms with Crippen molar-refractivity contribution in [3.05, 3.63) is 11.7 Å². The molecular formula is C12H21N3O. The highest BCUT2D eigenvalue weighted by molar-refractivity contribution is 5.00. The zero-order chi connectivity index (χ0) is 11.5. The second kappa shape index (κ2) is 4.95. The summed E-state index contributed by atoms with van der Waals surface area (Å²) < 4.78 is 5.22. The van der Waals surface area contributed by atoms with Gasteiger partial charge in [-0.2, -0.15) is 4.98 Å². The molecule has 1 saturated carbocycles. The van der Waals surface area contributed by atoms with Crippen LogP contribution in [0.5, 0.6) is 0 Å². The lowest BCUT2D eigenvalue weighted by Gasteiger charge is -2.04. The molecule has 1 aliphatic carbocycles. The van der Waals surface area contributed by atoms with Gasteiger partial charge < -0.3 is 10.3 Å². The van der Waals surface area contributed by atoms with Crippen LogP contribution in [0.4, 0.5) is 0 Å². The number of rotatable bonds is 4. The second-order valence-electron chi connectivity index (χ2n) is 5.01. The van der Waals surface area contributed by atoms with E-state index in [1.807, 2.05) is 6.92 Å². The number of hydrogen-bond acceptors (Lipinski definition) is 4. The van der Waals surface area contributed by atoms with Crippen LogP contribution < -0.4 is 5.73 Å². The Balaban J connectivity index is 1.97. The van der Waals surface area contributed by atoms with E-state index in [1.165, 1.54) is 25.7 Å². The van der Waals surface area contributed by atoms with Crippen molar-refractivity contribution >= 4 is 0 Å². The highest BCUT2D eigenvalue weighted by Gasteiger charge is 2.28. The van der Waals surface area contributed by atoms with Crippen molar-refractivity contribution < 1.29 is 4.52 Å². The van der Waals surface area contributed by atoms with Gasteiger partial charge in [-0.25, -0.2) is 0 Å². The van der Waals surface area contributed by atoms with Crippen molar-refractivity contribution in [3.8, 4) is 0 Å². The van der Waals surface area contributed by atoms with Crippen LogP contribution in [-0.4, -0.2) is 16.2 Å². The molecule has 16 heavy (non-hydrogen) atoms. The summed E-state index contributed by atoms with van der Waals surface area (Å²) in [5.74, 6) is 2.94. The van der Waals surface area contributed by atoms with Crippen molar-refractivity contribution in [2.75, 3.05) is 0 Å². The van der Waals surface area contributed by atoms with Gasteiger partial charge in [0.15, 0.2) is 5.82 Å². The molecule has 0 spiro atoms. The summed E-state index contributed by atoms with van der Waals surface area (Å²) in [6.45, 7) is 4.21. The standard InChI is InChI=1S/C12H21N3O/c1-3-9-4-5-10(7-9)12-14-11(16-15-12)6-8(2)13/h8-10H,3-7,13H2,1-2H3. The van der Waals surface area contributed by atoms with E-state index in [-0.39, 0.29) is 6.04 Å². The molecule has 2 rings (SSSR count). The van der Waals surface area contributed by atoms with Crippen LogP contribution in [0.3, 0.4) is 0 Å². The largest absolute Gasteiger partial charge is 0.339 e. The minimum Gasteiger partial charge on any atom is -0.339 e. The summed E-state index contributed by atoms with van der Waals surface area (Å²) >= 11 is 0. The zero-order valence-electron chi connectivity index (χ0n) is 10.1. The predicted molar refractivity (Wildman–Crippen MR) is 62.0 cm³/mol. The van der Waals surface area contributed by atoms with Gasteiger partial charge in [-0.15, -0.1) is 0 Å². The summed E-state index contributed by atoms with van der Waals surface area (Å²) in [5.41, 5.74) is 5.70. The van der Waals surface area contributed by atoms with Crippen LogP contribution in [0.25, 0.3) is 0 Å². The summed E-state index contributed by atoms with van der Waals surface area (Å²) in [6, 6.07) is 0.0836. The van der Waals surface area contributed by atoms with E-state index in [4.69, 9.17) is 10.3 Å². The molecule has 90 valence electrons. The van der Waals surface area contributed by atoms with E-state index in [1.54, 1.807) is 0 Å². The third kappa shape index (κ3) is 2.61. The van der Waals surface area contributed by atoms with Gasteiger partial charge in [0.2, 0.25) is 5.89 Å². The van der Waals surface area contributed by atoms with Crippen LogP contribution in [0.15, 0.2) is 4.52 Å². The molecule has 0 saturated heterocycles. The van der Waals surface area contributed by atoms with Gasteiger partial charge >= 0.3 is 0 Å². The Morgan fingerprint density at radius 1 is 1.50 bits per heavy atom. The Labute approximate surface area is 96.6 Å². The van der Waals surface area contributed by atoms with E-state index in [9.17, 15) is 0 Å². The maximum Gasteiger partial charge on any atom is 0.228 e. The predicted octanol–water partition coefficient (Wildman–Crippen LogP) is 2.25. The molecule has 2 N–H and O–H groups in total. The van der Waals surface area contributed by atoms with Crippen molar-refractivity contribution in [3.63, 3.8) is 0 Å². The quantitative estimate of drug-likeness (QED) is 0.850. The number of nitrogens with two attached hydrogens (primary N) is 1. The molecule has 4 nitrogen and oxygen atoms in total. The van der Waals surface area contributed by atoms with Crippen molar-refractivity contribution in [2.24, 2.45) is 11.7 Å². The summed E-state index contributed by atoms with van der Waals surface area (Å²) in [7, 11) is 0. The number of aromatic nitrogens is 2. The highest BCUT2D eigenvalue weighted by atomic mass is 16.5. The zero-order valence-corrected chi connectivity index (χ0v) is 10.1. The first kappa shape index (κ1) is 11.6. The second-order valence-corrected chi connectivity index (χ2v) is 5.01. The SMILES string of the molecule is CCC1CCC(c2noc(CC(C)N)n2)C1. The molecule has 1 fully saturated rings. The Kier molecular flexibility index (Phi) is 3.59. The molecule has 0 aliphatic heterocycles. The first-order chi connectivity index (χ1) is 7.69. The lowest BCUT2D eigenvalue weighted by molar-refractivity contribution is 0.363. The fourth-order valence-corrected chi connectivity index (χ4v) is 2.47. The van der Waals surface area contributed by atoms with E-state index in [0.29, 0.717) is 18.2 Å². The van der Waals surface area contributed by atoms with E-state index >= 15 is 0 Å². The third-order valence-corrected chi connectivity index (χ3v) is 3.46. The molecule has 3 unspecified atom stereocenters. The minimum absolute atomic E-state index is 0.0836. The first-order valence-corrected chi connectivity index (χ1v) is 6.27. The molecule has 1 heterocycles. The lowest BCUT2D eigenvalue weighted by Crippen LogP contribution is -2.17. The van der Waals surface area contributed by atoms with Crippen molar-refractivity contribution in [1.82, 2.24) is 10.1 Å². The fourth-order valence-electron chi connectivity index (χ4n) is 2.47. The summed E-state index contributed by atoms with van der Waals surface area (Å²) in [5, 5.41) is 4.08. The van der Waals surface area contributed by atoms with Crippen LogP contribution in [0, 0.1) is 5.92 Å². The number of hydrogen-bond donors (Lipinski definition) is 1. The Hall–Kier alpha value is -0.900. The smallest absolute Gasteiger partial charge is 0.228 e. The van der Waals surface area contributed by atoms with Crippen molar-refractivity contribution in [1.29, 1.82) is 0 Å². The summed E-state index contributed by atoms with van der Waals surface area (Å²) in [6.07, 6.45) is 5.67. The van der Waals surface area contributed by atoms with Gasteiger partial charge in [-0.3, -0.25) is 0 Å². The van der Waals surface area contributed by atoms with Crippen LogP contribution in [0.2, 0.25) is 0 Å². The molecule has 4 heteroatoms. The van der Waals surface area contributed by atoms with Crippen LogP contribution in [0.1, 0.15) is 57.2 Å². The Morgan fingerprint density at radius 2 is 2.31 bits per heavy atom. The molecular weight excluding hydrogens is 202 g/mol. The Morgan fingerprint density at radius 3 is 2.94 bits per heavy atom. The monoisotopic (exact) mass is 223 g/mol. The van der Waals surface area contributed by atoms with Crippen molar-refractivity contribution in [2.45, 2.75) is 57.9 Å². The molecule has 1 aromatic heterocycles. The highest BCUT2D eigenvalue weighted by Crippen LogP contribution is 2.38. The van der Waals surface area contributed by atoms with Gasteiger partial charge in [-0.05, 0) is 32.1 Å². The van der Waals surface area contributed by atoms with E-state index < -0.39 is 0 Å². The molecule has 0 aromatic carbocycles. The van der Waals surface area contributed by atoms with Crippen LogP contribution in [-0.2, 0) is 6.42 Å². The molecule has 0 radical (unpaired) electrons. The number of nitrogens with zero attached hydrogens (tertiary/aromatic N) is 2. The third-order valence-electron chi connectivity index (χ3n) is 3.46. The minimum atomic E-state index is 0.0836. The molecule has 1 aliphatic rings. The first-order valence-electron chi connectivity index (χ1n) is 6.27. The molecule has 1 aromatic rings. The fraction of sp³-hybridized carbons (Fsp3) is 0.833. The van der Waals surface area contributed by atoms with Gasteiger partial charge in [0.25, 0.3) is 0 Å². The van der Waals surface area contributed by atoms with Gasteiger partial charge in [-0.1, -0.05) is 18.5 Å². The molecule has 0 bridgehead atoms. The van der Waals surface area contributed by atoms with E-state index in [2.05, 4.69) is 17.1 Å². The average molecular weight is 223 g/mol.